The highest BCUT2D eigenvalue weighted by molar-refractivity contribution is 7.83. The number of aryl methyl sites for hydroxylation is 1. The fourth-order valence-corrected chi connectivity index (χ4v) is 3.16. The Morgan fingerprint density at radius 2 is 1.78 bits per heavy atom. The van der Waals surface area contributed by atoms with E-state index in [9.17, 15) is 9.00 Å². The molecular formula is C18H21NO3S. The van der Waals surface area contributed by atoms with E-state index in [0.29, 0.717) is 11.5 Å². The molecule has 0 aromatic heterocycles. The van der Waals surface area contributed by atoms with Crippen LogP contribution in [0.3, 0.4) is 0 Å². The Morgan fingerprint density at radius 3 is 2.39 bits per heavy atom. The van der Waals surface area contributed by atoms with Gasteiger partial charge in [-0.05, 0) is 31.5 Å². The Kier molecular flexibility index (Phi) is 6.50. The highest BCUT2D eigenvalue weighted by Gasteiger charge is 2.19. The van der Waals surface area contributed by atoms with Gasteiger partial charge >= 0.3 is 5.97 Å². The van der Waals surface area contributed by atoms with Crippen LogP contribution in [0.25, 0.3) is 0 Å². The standard InChI is InChI=1S/C18H21NO3S/c1-3-22-18(20)13-17(15-7-5-4-6-8-15)19-23(21)16-11-9-14(2)10-12-16/h4-12,17,19H,3,13H2,1-2H3/t17-,23?/m1/s1. The summed E-state index contributed by atoms with van der Waals surface area (Å²) < 4.78 is 20.6. The predicted molar refractivity (Wildman–Crippen MR) is 91.2 cm³/mol. The summed E-state index contributed by atoms with van der Waals surface area (Å²) in [5, 5.41) is 0. The topological polar surface area (TPSA) is 55.4 Å². The van der Waals surface area contributed by atoms with Gasteiger partial charge in [0.15, 0.2) is 0 Å². The SMILES string of the molecule is CCOC(=O)C[C@@H](NS(=O)c1ccc(C)cc1)c1ccccc1. The van der Waals surface area contributed by atoms with Crippen molar-refractivity contribution in [3.8, 4) is 0 Å². The number of ether oxygens (including phenoxy) is 1. The Balaban J connectivity index is 2.15. The van der Waals surface area contributed by atoms with Gasteiger partial charge in [0.25, 0.3) is 0 Å². The molecule has 0 spiro atoms. The van der Waals surface area contributed by atoms with E-state index in [-0.39, 0.29) is 18.4 Å². The van der Waals surface area contributed by atoms with Crippen LogP contribution in [0.5, 0.6) is 0 Å². The minimum absolute atomic E-state index is 0.134. The van der Waals surface area contributed by atoms with Crippen molar-refractivity contribution in [1.82, 2.24) is 4.72 Å². The largest absolute Gasteiger partial charge is 0.466 e. The Hall–Kier alpha value is -1.98. The smallest absolute Gasteiger partial charge is 0.307 e. The highest BCUT2D eigenvalue weighted by Crippen LogP contribution is 2.19. The molecule has 0 aliphatic heterocycles. The molecule has 1 unspecified atom stereocenters. The minimum atomic E-state index is -1.40. The fraction of sp³-hybridized carbons (Fsp3) is 0.278. The first-order valence-corrected chi connectivity index (χ1v) is 8.70. The van der Waals surface area contributed by atoms with Gasteiger partial charge in [-0.25, -0.2) is 8.93 Å². The molecule has 23 heavy (non-hydrogen) atoms. The van der Waals surface area contributed by atoms with Gasteiger partial charge in [-0.15, -0.1) is 0 Å². The molecule has 0 bridgehead atoms. The zero-order valence-electron chi connectivity index (χ0n) is 13.3. The summed E-state index contributed by atoms with van der Waals surface area (Å²) in [6, 6.07) is 16.6. The van der Waals surface area contributed by atoms with Gasteiger partial charge in [-0.2, -0.15) is 0 Å². The van der Waals surface area contributed by atoms with Crippen molar-refractivity contribution in [2.24, 2.45) is 0 Å². The zero-order valence-corrected chi connectivity index (χ0v) is 14.1. The van der Waals surface area contributed by atoms with Crippen LogP contribution in [0.2, 0.25) is 0 Å². The number of hydrogen-bond acceptors (Lipinski definition) is 3. The summed E-state index contributed by atoms with van der Waals surface area (Å²) in [4.78, 5) is 12.5. The number of nitrogens with one attached hydrogen (secondary N) is 1. The van der Waals surface area contributed by atoms with E-state index in [4.69, 9.17) is 4.74 Å². The van der Waals surface area contributed by atoms with Crippen molar-refractivity contribution in [2.45, 2.75) is 31.2 Å². The number of carbonyl (C=O) groups excluding carboxylic acids is 1. The van der Waals surface area contributed by atoms with Crippen molar-refractivity contribution >= 4 is 17.0 Å². The van der Waals surface area contributed by atoms with E-state index in [0.717, 1.165) is 11.1 Å². The molecule has 0 aliphatic carbocycles. The molecule has 0 fully saturated rings. The van der Waals surface area contributed by atoms with E-state index in [1.807, 2.05) is 61.5 Å². The monoisotopic (exact) mass is 331 g/mol. The third kappa shape index (κ3) is 5.30. The van der Waals surface area contributed by atoms with Gasteiger partial charge in [-0.3, -0.25) is 4.79 Å². The van der Waals surface area contributed by atoms with Crippen LogP contribution >= 0.6 is 0 Å². The van der Waals surface area contributed by atoms with E-state index < -0.39 is 11.0 Å². The maximum atomic E-state index is 12.5. The van der Waals surface area contributed by atoms with Crippen LogP contribution in [-0.2, 0) is 20.5 Å². The minimum Gasteiger partial charge on any atom is -0.466 e. The first-order valence-electron chi connectivity index (χ1n) is 7.55. The lowest BCUT2D eigenvalue weighted by Crippen LogP contribution is -2.26. The first-order chi connectivity index (χ1) is 11.1. The number of hydrogen-bond donors (Lipinski definition) is 1. The Bertz CT molecular complexity index is 656. The quantitative estimate of drug-likeness (QED) is 0.792. The van der Waals surface area contributed by atoms with Crippen LogP contribution in [0.1, 0.15) is 30.5 Å². The third-order valence-electron chi connectivity index (χ3n) is 3.36. The Morgan fingerprint density at radius 1 is 1.13 bits per heavy atom. The van der Waals surface area contributed by atoms with E-state index in [1.165, 1.54) is 0 Å². The normalized spacial score (nSPS) is 13.3. The average Bonchev–Trinajstić information content (AvgIpc) is 2.56. The second-order valence-electron chi connectivity index (χ2n) is 5.17. The van der Waals surface area contributed by atoms with Gasteiger partial charge in [0.2, 0.25) is 0 Å². The first kappa shape index (κ1) is 17.4. The van der Waals surface area contributed by atoms with Crippen molar-refractivity contribution < 1.29 is 13.7 Å². The van der Waals surface area contributed by atoms with Crippen LogP contribution < -0.4 is 4.72 Å². The molecule has 0 saturated carbocycles. The lowest BCUT2D eigenvalue weighted by molar-refractivity contribution is -0.143. The molecule has 0 saturated heterocycles. The predicted octanol–water partition coefficient (Wildman–Crippen LogP) is 3.30. The number of esters is 1. The van der Waals surface area contributed by atoms with Gasteiger partial charge in [0, 0.05) is 0 Å². The van der Waals surface area contributed by atoms with Crippen molar-refractivity contribution in [2.75, 3.05) is 6.61 Å². The summed E-state index contributed by atoms with van der Waals surface area (Å²) in [5.74, 6) is -0.310. The Labute approximate surface area is 139 Å². The molecule has 0 heterocycles. The average molecular weight is 331 g/mol. The number of rotatable bonds is 7. The maximum absolute atomic E-state index is 12.5. The molecule has 1 N–H and O–H groups in total. The lowest BCUT2D eigenvalue weighted by Gasteiger charge is -2.18. The van der Waals surface area contributed by atoms with Gasteiger partial charge < -0.3 is 4.74 Å². The van der Waals surface area contributed by atoms with Gasteiger partial charge in [-0.1, -0.05) is 48.0 Å². The number of carbonyl (C=O) groups is 1. The van der Waals surface area contributed by atoms with Crippen LogP contribution in [0, 0.1) is 6.92 Å². The second-order valence-corrected chi connectivity index (χ2v) is 6.42. The molecule has 2 rings (SSSR count). The zero-order chi connectivity index (χ0) is 16.7. The molecule has 2 aromatic rings. The lowest BCUT2D eigenvalue weighted by atomic mass is 10.1. The number of benzene rings is 2. The van der Waals surface area contributed by atoms with Crippen LogP contribution in [0.15, 0.2) is 59.5 Å². The van der Waals surface area contributed by atoms with Crippen molar-refractivity contribution in [3.63, 3.8) is 0 Å². The molecule has 0 amide bonds. The van der Waals surface area contributed by atoms with E-state index in [1.54, 1.807) is 6.92 Å². The van der Waals surface area contributed by atoms with Gasteiger partial charge in [0.05, 0.1) is 24.0 Å². The van der Waals surface area contributed by atoms with E-state index >= 15 is 0 Å². The summed E-state index contributed by atoms with van der Waals surface area (Å²) >= 11 is 0. The maximum Gasteiger partial charge on any atom is 0.307 e. The molecule has 5 heteroatoms. The van der Waals surface area contributed by atoms with Gasteiger partial charge in [0.1, 0.15) is 11.0 Å². The molecule has 2 aromatic carbocycles. The highest BCUT2D eigenvalue weighted by atomic mass is 32.2. The van der Waals surface area contributed by atoms with Crippen molar-refractivity contribution in [1.29, 1.82) is 0 Å². The second kappa shape index (κ2) is 8.60. The van der Waals surface area contributed by atoms with E-state index in [2.05, 4.69) is 4.72 Å². The molecule has 0 aliphatic rings. The summed E-state index contributed by atoms with van der Waals surface area (Å²) in [5.41, 5.74) is 2.01. The molecule has 122 valence electrons. The van der Waals surface area contributed by atoms with Crippen LogP contribution in [0.4, 0.5) is 0 Å². The summed E-state index contributed by atoms with van der Waals surface area (Å²) in [7, 11) is -1.40. The molecular weight excluding hydrogens is 310 g/mol. The van der Waals surface area contributed by atoms with Crippen molar-refractivity contribution in [3.05, 3.63) is 65.7 Å². The third-order valence-corrected chi connectivity index (χ3v) is 4.56. The molecule has 0 radical (unpaired) electrons. The summed E-state index contributed by atoms with van der Waals surface area (Å²) in [6.07, 6.45) is 0.134. The molecule has 4 nitrogen and oxygen atoms in total. The summed E-state index contributed by atoms with van der Waals surface area (Å²) in [6.45, 7) is 4.09. The van der Waals surface area contributed by atoms with Crippen LogP contribution in [-0.4, -0.2) is 16.8 Å². The molecule has 2 atom stereocenters. The fourth-order valence-electron chi connectivity index (χ4n) is 2.16.